The van der Waals surface area contributed by atoms with Crippen molar-refractivity contribution in [3.05, 3.63) is 47.3 Å². The highest BCUT2D eigenvalue weighted by Gasteiger charge is 2.23. The van der Waals surface area contributed by atoms with Crippen molar-refractivity contribution in [3.63, 3.8) is 0 Å². The van der Waals surface area contributed by atoms with Crippen LogP contribution in [0.3, 0.4) is 0 Å². The van der Waals surface area contributed by atoms with Gasteiger partial charge in [-0.25, -0.2) is 4.39 Å². The third-order valence-corrected chi connectivity index (χ3v) is 3.53. The van der Waals surface area contributed by atoms with Gasteiger partial charge in [-0.1, -0.05) is 17.7 Å². The maximum Gasteiger partial charge on any atom is 0.128 e. The fraction of sp³-hybridized carbons (Fsp3) is 0.429. The lowest BCUT2D eigenvalue weighted by atomic mass is 10.0. The normalized spacial score (nSPS) is 18.6. The van der Waals surface area contributed by atoms with E-state index in [0.29, 0.717) is 10.6 Å². The van der Waals surface area contributed by atoms with E-state index in [-0.39, 0.29) is 11.9 Å². The lowest BCUT2D eigenvalue weighted by molar-refractivity contribution is 0.171. The fourth-order valence-corrected chi connectivity index (χ4v) is 2.57. The minimum atomic E-state index is -0.190. The second kappa shape index (κ2) is 6.32. The molecule has 0 amide bonds. The van der Waals surface area contributed by atoms with Crippen LogP contribution in [-0.4, -0.2) is 31.1 Å². The molecule has 1 N–H and O–H groups in total. The third-order valence-electron chi connectivity index (χ3n) is 3.30. The van der Waals surface area contributed by atoms with Crippen molar-refractivity contribution in [2.75, 3.05) is 26.2 Å². The van der Waals surface area contributed by atoms with Gasteiger partial charge >= 0.3 is 0 Å². The standard InChI is InChI=1S/C14H18ClFN2/c1-2-3-14(18-8-6-17-7-9-18)12-10-11(15)4-5-13(12)16/h2,4-5,10,14,17H,1,3,6-9H2/t14-/m1/s1. The van der Waals surface area contributed by atoms with Crippen molar-refractivity contribution in [2.24, 2.45) is 0 Å². The van der Waals surface area contributed by atoms with Gasteiger partial charge in [0.2, 0.25) is 0 Å². The highest BCUT2D eigenvalue weighted by atomic mass is 35.5. The summed E-state index contributed by atoms with van der Waals surface area (Å²) in [6.45, 7) is 7.50. The number of hydrogen-bond acceptors (Lipinski definition) is 2. The van der Waals surface area contributed by atoms with Gasteiger partial charge < -0.3 is 5.32 Å². The number of hydrogen-bond donors (Lipinski definition) is 1. The van der Waals surface area contributed by atoms with E-state index < -0.39 is 0 Å². The molecule has 1 aliphatic rings. The lowest BCUT2D eigenvalue weighted by Crippen LogP contribution is -2.45. The van der Waals surface area contributed by atoms with Gasteiger partial charge in [0.1, 0.15) is 5.82 Å². The Morgan fingerprint density at radius 2 is 2.17 bits per heavy atom. The highest BCUT2D eigenvalue weighted by Crippen LogP contribution is 2.29. The Hall–Kier alpha value is -0.900. The Morgan fingerprint density at radius 1 is 1.44 bits per heavy atom. The van der Waals surface area contributed by atoms with Crippen molar-refractivity contribution in [3.8, 4) is 0 Å². The number of nitrogens with one attached hydrogen (secondary N) is 1. The van der Waals surface area contributed by atoms with Crippen LogP contribution in [0.4, 0.5) is 4.39 Å². The van der Waals surface area contributed by atoms with E-state index in [2.05, 4.69) is 16.8 Å². The van der Waals surface area contributed by atoms with Gasteiger partial charge in [0.05, 0.1) is 0 Å². The average molecular weight is 269 g/mol. The first-order valence-corrected chi connectivity index (χ1v) is 6.61. The van der Waals surface area contributed by atoms with Crippen molar-refractivity contribution >= 4 is 11.6 Å². The van der Waals surface area contributed by atoms with Gasteiger partial charge in [0.15, 0.2) is 0 Å². The highest BCUT2D eigenvalue weighted by molar-refractivity contribution is 6.30. The molecule has 1 saturated heterocycles. The molecular formula is C14H18ClFN2. The summed E-state index contributed by atoms with van der Waals surface area (Å²) in [4.78, 5) is 2.28. The zero-order valence-electron chi connectivity index (χ0n) is 10.3. The molecule has 0 bridgehead atoms. The zero-order chi connectivity index (χ0) is 13.0. The maximum absolute atomic E-state index is 14.0. The van der Waals surface area contributed by atoms with Crippen molar-refractivity contribution in [1.29, 1.82) is 0 Å². The Balaban J connectivity index is 2.27. The minimum Gasteiger partial charge on any atom is -0.314 e. The number of piperazine rings is 1. The molecule has 1 aromatic carbocycles. The first kappa shape index (κ1) is 13.5. The van der Waals surface area contributed by atoms with Crippen LogP contribution < -0.4 is 5.32 Å². The molecule has 1 atom stereocenters. The fourth-order valence-electron chi connectivity index (χ4n) is 2.39. The predicted molar refractivity (Wildman–Crippen MR) is 73.4 cm³/mol. The van der Waals surface area contributed by atoms with Gasteiger partial charge in [-0.15, -0.1) is 6.58 Å². The largest absolute Gasteiger partial charge is 0.314 e. The molecule has 1 fully saturated rings. The van der Waals surface area contributed by atoms with Crippen LogP contribution >= 0.6 is 11.6 Å². The topological polar surface area (TPSA) is 15.3 Å². The van der Waals surface area contributed by atoms with Crippen LogP contribution in [0.15, 0.2) is 30.9 Å². The molecule has 2 nitrogen and oxygen atoms in total. The van der Waals surface area contributed by atoms with Crippen molar-refractivity contribution in [1.82, 2.24) is 10.2 Å². The molecule has 4 heteroatoms. The molecule has 1 aliphatic heterocycles. The lowest BCUT2D eigenvalue weighted by Gasteiger charge is -2.35. The van der Waals surface area contributed by atoms with E-state index >= 15 is 0 Å². The van der Waals surface area contributed by atoms with Crippen molar-refractivity contribution in [2.45, 2.75) is 12.5 Å². The summed E-state index contributed by atoms with van der Waals surface area (Å²) in [6, 6.07) is 4.79. The van der Waals surface area contributed by atoms with Crippen molar-refractivity contribution < 1.29 is 4.39 Å². The molecule has 1 heterocycles. The molecule has 0 unspecified atom stereocenters. The van der Waals surface area contributed by atoms with Crippen LogP contribution in [0.25, 0.3) is 0 Å². The molecular weight excluding hydrogens is 251 g/mol. The Morgan fingerprint density at radius 3 is 2.83 bits per heavy atom. The van der Waals surface area contributed by atoms with Crippen LogP contribution in [0.5, 0.6) is 0 Å². The van der Waals surface area contributed by atoms with E-state index in [4.69, 9.17) is 11.6 Å². The molecule has 0 radical (unpaired) electrons. The summed E-state index contributed by atoms with van der Waals surface area (Å²) in [6.07, 6.45) is 2.57. The van der Waals surface area contributed by atoms with Crippen LogP contribution in [0, 0.1) is 5.82 Å². The Labute approximate surface area is 112 Å². The zero-order valence-corrected chi connectivity index (χ0v) is 11.1. The van der Waals surface area contributed by atoms with E-state index in [0.717, 1.165) is 32.6 Å². The minimum absolute atomic E-state index is 0.0308. The van der Waals surface area contributed by atoms with E-state index in [1.807, 2.05) is 6.08 Å². The number of benzene rings is 1. The second-order valence-corrected chi connectivity index (χ2v) is 4.93. The van der Waals surface area contributed by atoms with E-state index in [1.165, 1.54) is 6.07 Å². The smallest absolute Gasteiger partial charge is 0.128 e. The molecule has 1 aromatic rings. The quantitative estimate of drug-likeness (QED) is 0.845. The van der Waals surface area contributed by atoms with Gasteiger partial charge in [0.25, 0.3) is 0 Å². The summed E-state index contributed by atoms with van der Waals surface area (Å²) in [5, 5.41) is 3.88. The Bertz CT molecular complexity index is 416. The molecule has 18 heavy (non-hydrogen) atoms. The van der Waals surface area contributed by atoms with Crippen LogP contribution in [0.2, 0.25) is 5.02 Å². The van der Waals surface area contributed by atoms with E-state index in [9.17, 15) is 4.39 Å². The molecule has 0 aromatic heterocycles. The molecule has 0 saturated carbocycles. The summed E-state index contributed by atoms with van der Waals surface area (Å²) < 4.78 is 14.0. The summed E-state index contributed by atoms with van der Waals surface area (Å²) in [5.41, 5.74) is 0.671. The molecule has 2 rings (SSSR count). The predicted octanol–water partition coefficient (Wildman–Crippen LogP) is 3.00. The van der Waals surface area contributed by atoms with E-state index in [1.54, 1.807) is 12.1 Å². The second-order valence-electron chi connectivity index (χ2n) is 4.49. The number of rotatable bonds is 4. The van der Waals surface area contributed by atoms with Gasteiger partial charge in [-0.05, 0) is 24.6 Å². The molecule has 98 valence electrons. The van der Waals surface area contributed by atoms with Gasteiger partial charge in [-0.3, -0.25) is 4.90 Å². The number of nitrogens with zero attached hydrogens (tertiary/aromatic N) is 1. The van der Waals surface area contributed by atoms with Gasteiger partial charge in [0, 0.05) is 42.8 Å². The third kappa shape index (κ3) is 3.10. The summed E-state index contributed by atoms with van der Waals surface area (Å²) >= 11 is 5.98. The first-order chi connectivity index (χ1) is 8.72. The first-order valence-electron chi connectivity index (χ1n) is 6.23. The summed E-state index contributed by atoms with van der Waals surface area (Å²) in [7, 11) is 0. The average Bonchev–Trinajstić information content (AvgIpc) is 2.40. The monoisotopic (exact) mass is 268 g/mol. The Kier molecular flexibility index (Phi) is 4.75. The molecule has 0 spiro atoms. The van der Waals surface area contributed by atoms with Crippen LogP contribution in [-0.2, 0) is 0 Å². The maximum atomic E-state index is 14.0. The summed E-state index contributed by atoms with van der Waals surface area (Å²) in [5.74, 6) is -0.190. The molecule has 0 aliphatic carbocycles. The number of halogens is 2. The SMILES string of the molecule is C=CC[C@H](c1cc(Cl)ccc1F)N1CCNCC1. The van der Waals surface area contributed by atoms with Gasteiger partial charge in [-0.2, -0.15) is 0 Å². The van der Waals surface area contributed by atoms with Crippen LogP contribution in [0.1, 0.15) is 18.0 Å².